The Labute approximate surface area is 167 Å². The normalized spacial score (nSPS) is 13.4. The van der Waals surface area contributed by atoms with Gasteiger partial charge in [0.25, 0.3) is 10.1 Å². The van der Waals surface area contributed by atoms with Crippen LogP contribution >= 0.6 is 0 Å². The highest BCUT2D eigenvalue weighted by molar-refractivity contribution is 7.86. The van der Waals surface area contributed by atoms with Crippen LogP contribution in [-0.2, 0) is 14.3 Å². The second-order valence-electron chi connectivity index (χ2n) is 7.32. The summed E-state index contributed by atoms with van der Waals surface area (Å²) in [5.41, 5.74) is 0. The van der Waals surface area contributed by atoms with Gasteiger partial charge in [-0.1, -0.05) is 76.9 Å². The molecule has 0 spiro atoms. The number of aliphatic hydroxyl groups excluding tert-OH is 2. The predicted molar refractivity (Wildman–Crippen MR) is 112 cm³/mol. The zero-order chi connectivity index (χ0) is 20.2. The zero-order valence-corrected chi connectivity index (χ0v) is 18.1. The summed E-state index contributed by atoms with van der Waals surface area (Å²) in [7, 11) is -3.73. The van der Waals surface area contributed by atoms with E-state index in [4.69, 9.17) is 14.4 Å². The van der Waals surface area contributed by atoms with Crippen LogP contribution in [-0.4, -0.2) is 43.7 Å². The number of hydrogen-bond acceptors (Lipinski definition) is 5. The zero-order valence-electron chi connectivity index (χ0n) is 17.3. The standard InChI is InChI=1S/C21H42O5S/c1-2-3-4-5-6-7-8-9-10-11-12-13-14-15-16-17-18-26-27(24,25)20-21(23)19-22/h9-10,21-23H,2-8,11-20H2,1H3/b10-9-. The van der Waals surface area contributed by atoms with Crippen LogP contribution in [0.25, 0.3) is 0 Å². The molecule has 0 aromatic heterocycles. The topological polar surface area (TPSA) is 83.8 Å². The first-order valence-corrected chi connectivity index (χ1v) is 12.4. The van der Waals surface area contributed by atoms with E-state index in [0.717, 1.165) is 19.3 Å². The third-order valence-electron chi connectivity index (χ3n) is 4.53. The molecule has 27 heavy (non-hydrogen) atoms. The maximum Gasteiger partial charge on any atom is 0.269 e. The minimum Gasteiger partial charge on any atom is -0.394 e. The molecule has 0 aliphatic carbocycles. The van der Waals surface area contributed by atoms with Crippen molar-refractivity contribution in [2.24, 2.45) is 0 Å². The number of rotatable bonds is 20. The summed E-state index contributed by atoms with van der Waals surface area (Å²) in [6, 6.07) is 0. The Morgan fingerprint density at radius 1 is 0.815 bits per heavy atom. The van der Waals surface area contributed by atoms with Crippen LogP contribution < -0.4 is 0 Å². The van der Waals surface area contributed by atoms with Gasteiger partial charge in [-0.15, -0.1) is 0 Å². The van der Waals surface area contributed by atoms with E-state index in [1.165, 1.54) is 64.2 Å². The summed E-state index contributed by atoms with van der Waals surface area (Å²) < 4.78 is 27.7. The van der Waals surface area contributed by atoms with E-state index in [-0.39, 0.29) is 6.61 Å². The molecule has 0 radical (unpaired) electrons. The molecule has 162 valence electrons. The molecule has 0 aliphatic rings. The highest BCUT2D eigenvalue weighted by Crippen LogP contribution is 2.10. The van der Waals surface area contributed by atoms with Crippen LogP contribution in [0.3, 0.4) is 0 Å². The second-order valence-corrected chi connectivity index (χ2v) is 9.00. The molecular formula is C21H42O5S. The lowest BCUT2D eigenvalue weighted by Gasteiger charge is -2.08. The Morgan fingerprint density at radius 2 is 1.30 bits per heavy atom. The molecule has 0 aromatic rings. The third-order valence-corrected chi connectivity index (χ3v) is 5.85. The summed E-state index contributed by atoms with van der Waals surface area (Å²) in [5.74, 6) is -0.546. The minimum atomic E-state index is -3.73. The maximum absolute atomic E-state index is 11.5. The molecule has 0 amide bonds. The molecule has 6 heteroatoms. The van der Waals surface area contributed by atoms with Crippen molar-refractivity contribution in [1.82, 2.24) is 0 Å². The highest BCUT2D eigenvalue weighted by Gasteiger charge is 2.16. The van der Waals surface area contributed by atoms with Crippen molar-refractivity contribution in [3.05, 3.63) is 12.2 Å². The van der Waals surface area contributed by atoms with Crippen LogP contribution in [0.5, 0.6) is 0 Å². The number of unbranched alkanes of at least 4 members (excludes halogenated alkanes) is 12. The maximum atomic E-state index is 11.5. The van der Waals surface area contributed by atoms with Gasteiger partial charge in [-0.2, -0.15) is 8.42 Å². The first kappa shape index (κ1) is 26.6. The van der Waals surface area contributed by atoms with Crippen LogP contribution in [0.4, 0.5) is 0 Å². The SMILES string of the molecule is CCCCCCCC/C=C\CCCCCCCCOS(=O)(=O)CC(O)CO. The number of aliphatic hydroxyl groups is 2. The van der Waals surface area contributed by atoms with E-state index in [2.05, 4.69) is 19.1 Å². The van der Waals surface area contributed by atoms with E-state index in [0.29, 0.717) is 6.42 Å². The number of hydrogen-bond donors (Lipinski definition) is 2. The summed E-state index contributed by atoms with van der Waals surface area (Å²) >= 11 is 0. The van der Waals surface area contributed by atoms with Gasteiger partial charge in [0.05, 0.1) is 19.3 Å². The van der Waals surface area contributed by atoms with Crippen LogP contribution in [0, 0.1) is 0 Å². The molecule has 1 atom stereocenters. The molecule has 0 bridgehead atoms. The van der Waals surface area contributed by atoms with Crippen LogP contribution in [0.1, 0.15) is 96.8 Å². The fourth-order valence-corrected chi connectivity index (χ4v) is 3.92. The first-order chi connectivity index (χ1) is 13.0. The monoisotopic (exact) mass is 406 g/mol. The fourth-order valence-electron chi connectivity index (χ4n) is 2.87. The largest absolute Gasteiger partial charge is 0.394 e. The van der Waals surface area contributed by atoms with E-state index in [9.17, 15) is 8.42 Å². The lowest BCUT2D eigenvalue weighted by Crippen LogP contribution is -2.25. The molecule has 1 unspecified atom stereocenters. The average Bonchev–Trinajstić information content (AvgIpc) is 2.63. The van der Waals surface area contributed by atoms with Crippen LogP contribution in [0.2, 0.25) is 0 Å². The number of allylic oxidation sites excluding steroid dienone is 2. The minimum absolute atomic E-state index is 0.154. The molecule has 0 saturated heterocycles. The van der Waals surface area contributed by atoms with Crippen molar-refractivity contribution in [3.8, 4) is 0 Å². The van der Waals surface area contributed by atoms with Gasteiger partial charge in [-0.3, -0.25) is 4.18 Å². The quantitative estimate of drug-likeness (QED) is 0.174. The van der Waals surface area contributed by atoms with Crippen molar-refractivity contribution in [2.75, 3.05) is 19.0 Å². The van der Waals surface area contributed by atoms with Crippen molar-refractivity contribution in [1.29, 1.82) is 0 Å². The first-order valence-electron chi connectivity index (χ1n) is 10.8. The van der Waals surface area contributed by atoms with Gasteiger partial charge in [-0.05, 0) is 32.1 Å². The van der Waals surface area contributed by atoms with E-state index < -0.39 is 28.6 Å². The Hall–Kier alpha value is -0.430. The highest BCUT2D eigenvalue weighted by atomic mass is 32.2. The molecule has 0 aliphatic heterocycles. The Kier molecular flexibility index (Phi) is 18.6. The fraction of sp³-hybridized carbons (Fsp3) is 0.905. The van der Waals surface area contributed by atoms with Gasteiger partial charge >= 0.3 is 0 Å². The molecule has 0 rings (SSSR count). The van der Waals surface area contributed by atoms with Gasteiger partial charge in [-0.25, -0.2) is 0 Å². The lowest BCUT2D eigenvalue weighted by molar-refractivity contribution is 0.109. The van der Waals surface area contributed by atoms with Crippen molar-refractivity contribution < 1.29 is 22.8 Å². The molecule has 0 heterocycles. The van der Waals surface area contributed by atoms with E-state index in [1.807, 2.05) is 0 Å². The lowest BCUT2D eigenvalue weighted by atomic mass is 10.1. The average molecular weight is 407 g/mol. The van der Waals surface area contributed by atoms with Gasteiger partial charge in [0.2, 0.25) is 0 Å². The summed E-state index contributed by atoms with van der Waals surface area (Å²) in [6.45, 7) is 1.83. The van der Waals surface area contributed by atoms with Gasteiger partial charge < -0.3 is 10.2 Å². The predicted octanol–water partition coefficient (Wildman–Crippen LogP) is 4.72. The van der Waals surface area contributed by atoms with E-state index in [1.54, 1.807) is 0 Å². The molecular weight excluding hydrogens is 364 g/mol. The Balaban J connectivity index is 3.32. The molecule has 5 nitrogen and oxygen atoms in total. The smallest absolute Gasteiger partial charge is 0.269 e. The summed E-state index contributed by atoms with van der Waals surface area (Å²) in [6.07, 6.45) is 20.2. The second kappa shape index (κ2) is 18.9. The summed E-state index contributed by atoms with van der Waals surface area (Å²) in [4.78, 5) is 0. The van der Waals surface area contributed by atoms with Crippen molar-refractivity contribution >= 4 is 10.1 Å². The van der Waals surface area contributed by atoms with Gasteiger partial charge in [0, 0.05) is 0 Å². The Bertz CT molecular complexity index is 434. The van der Waals surface area contributed by atoms with Crippen molar-refractivity contribution in [2.45, 2.75) is 103 Å². The molecule has 0 aromatic carbocycles. The van der Waals surface area contributed by atoms with Crippen LogP contribution in [0.15, 0.2) is 12.2 Å². The summed E-state index contributed by atoms with van der Waals surface area (Å²) in [5, 5.41) is 17.8. The third kappa shape index (κ3) is 20.1. The van der Waals surface area contributed by atoms with Gasteiger partial charge in [0.1, 0.15) is 5.75 Å². The molecule has 2 N–H and O–H groups in total. The molecule has 0 fully saturated rings. The molecule has 0 saturated carbocycles. The van der Waals surface area contributed by atoms with Gasteiger partial charge in [0.15, 0.2) is 0 Å². The van der Waals surface area contributed by atoms with E-state index >= 15 is 0 Å². The van der Waals surface area contributed by atoms with Crippen molar-refractivity contribution in [3.63, 3.8) is 0 Å². The Morgan fingerprint density at radius 3 is 1.81 bits per heavy atom.